The molecule has 1 amide bonds. The number of hydrogen-bond acceptors (Lipinski definition) is 6. The molecule has 1 unspecified atom stereocenters. The second-order valence-electron chi connectivity index (χ2n) is 4.46. The molecule has 0 saturated carbocycles. The molecule has 1 rings (SSSR count). The fraction of sp³-hybridized carbons (Fsp3) is 0.545. The molecule has 0 spiro atoms. The van der Waals surface area contributed by atoms with Crippen LogP contribution in [-0.4, -0.2) is 54.6 Å². The molecule has 21 heavy (non-hydrogen) atoms. The van der Waals surface area contributed by atoms with E-state index in [2.05, 4.69) is 9.71 Å². The number of nitrogens with one attached hydrogen (secondary N) is 1. The lowest BCUT2D eigenvalue weighted by Crippen LogP contribution is -2.42. The van der Waals surface area contributed by atoms with Gasteiger partial charge in [0, 0.05) is 12.4 Å². The Morgan fingerprint density at radius 3 is 2.62 bits per heavy atom. The van der Waals surface area contributed by atoms with Crippen molar-refractivity contribution in [3.8, 4) is 0 Å². The highest BCUT2D eigenvalue weighted by Crippen LogP contribution is 2.17. The molecule has 10 heteroatoms. The number of carbonyl (C=O) groups is 2. The van der Waals surface area contributed by atoms with Gasteiger partial charge in [0.25, 0.3) is 0 Å². The molecule has 1 atom stereocenters. The highest BCUT2D eigenvalue weighted by Gasteiger charge is 2.25. The minimum atomic E-state index is -3.41. The highest BCUT2D eigenvalue weighted by atomic mass is 32.2. The average molecular weight is 335 g/mol. The zero-order valence-electron chi connectivity index (χ0n) is 11.9. The van der Waals surface area contributed by atoms with Crippen molar-refractivity contribution in [2.24, 2.45) is 0 Å². The van der Waals surface area contributed by atoms with E-state index in [0.717, 1.165) is 22.5 Å². The minimum Gasteiger partial charge on any atom is -0.480 e. The van der Waals surface area contributed by atoms with Crippen LogP contribution in [0.5, 0.6) is 0 Å². The Hall–Kier alpha value is -1.68. The summed E-state index contributed by atoms with van der Waals surface area (Å²) in [5.41, 5.74) is 0.392. The standard InChI is InChI=1S/C11H17N3O5S2/c1-4-8(10(16)17)14(2)9(15)5-7-6-20-11(12-7)13-21(3,18)19/h6,8H,4-5H2,1-3H3,(H,12,13)(H,16,17). The number of carboxylic acid groups (broad SMARTS) is 1. The van der Waals surface area contributed by atoms with Crippen LogP contribution in [0, 0.1) is 0 Å². The van der Waals surface area contributed by atoms with Crippen LogP contribution in [0.25, 0.3) is 0 Å². The van der Waals surface area contributed by atoms with Crippen LogP contribution in [0.2, 0.25) is 0 Å². The van der Waals surface area contributed by atoms with Gasteiger partial charge in [0.15, 0.2) is 5.13 Å². The Bertz CT molecular complexity index is 626. The van der Waals surface area contributed by atoms with E-state index in [9.17, 15) is 18.0 Å². The van der Waals surface area contributed by atoms with Crippen LogP contribution in [0.15, 0.2) is 5.38 Å². The van der Waals surface area contributed by atoms with Gasteiger partial charge in [0.05, 0.1) is 18.4 Å². The zero-order chi connectivity index (χ0) is 16.2. The maximum atomic E-state index is 12.0. The summed E-state index contributed by atoms with van der Waals surface area (Å²) in [6, 6.07) is -0.884. The molecule has 0 radical (unpaired) electrons. The van der Waals surface area contributed by atoms with Crippen molar-refractivity contribution in [1.82, 2.24) is 9.88 Å². The van der Waals surface area contributed by atoms with Crippen molar-refractivity contribution in [1.29, 1.82) is 0 Å². The molecule has 0 bridgehead atoms. The van der Waals surface area contributed by atoms with Crippen molar-refractivity contribution in [2.45, 2.75) is 25.8 Å². The molecule has 0 aliphatic carbocycles. The van der Waals surface area contributed by atoms with E-state index < -0.39 is 22.0 Å². The molecule has 0 aliphatic rings. The predicted molar refractivity (Wildman–Crippen MR) is 78.8 cm³/mol. The monoisotopic (exact) mass is 335 g/mol. The first kappa shape index (κ1) is 17.4. The summed E-state index contributed by atoms with van der Waals surface area (Å²) in [7, 11) is -1.99. The van der Waals surface area contributed by atoms with E-state index in [1.165, 1.54) is 7.05 Å². The topological polar surface area (TPSA) is 117 Å². The normalized spacial score (nSPS) is 12.7. The van der Waals surface area contributed by atoms with E-state index in [1.807, 2.05) is 0 Å². The van der Waals surface area contributed by atoms with Gasteiger partial charge in [-0.25, -0.2) is 18.2 Å². The van der Waals surface area contributed by atoms with Gasteiger partial charge < -0.3 is 10.0 Å². The molecule has 8 nitrogen and oxygen atoms in total. The average Bonchev–Trinajstić information content (AvgIpc) is 2.74. The SMILES string of the molecule is CCC(C(=O)O)N(C)C(=O)Cc1csc(NS(C)(=O)=O)n1. The lowest BCUT2D eigenvalue weighted by Gasteiger charge is -2.23. The number of anilines is 1. The Balaban J connectivity index is 2.73. The third-order valence-electron chi connectivity index (χ3n) is 2.69. The number of likely N-dealkylation sites (N-methyl/N-ethyl adjacent to an activating group) is 1. The molecule has 0 aromatic carbocycles. The third kappa shape index (κ3) is 5.31. The molecule has 118 valence electrons. The van der Waals surface area contributed by atoms with Gasteiger partial charge in [-0.3, -0.25) is 9.52 Å². The zero-order valence-corrected chi connectivity index (χ0v) is 13.5. The van der Waals surface area contributed by atoms with Gasteiger partial charge in [0.1, 0.15) is 6.04 Å². The van der Waals surface area contributed by atoms with Crippen LogP contribution >= 0.6 is 11.3 Å². The maximum absolute atomic E-state index is 12.0. The first-order valence-corrected chi connectivity index (χ1v) is 8.81. The summed E-state index contributed by atoms with van der Waals surface area (Å²) < 4.78 is 24.3. The number of carboxylic acids is 1. The fourth-order valence-electron chi connectivity index (χ4n) is 1.66. The number of hydrogen-bond donors (Lipinski definition) is 2. The molecular weight excluding hydrogens is 318 g/mol. The van der Waals surface area contributed by atoms with Gasteiger partial charge in [-0.05, 0) is 6.42 Å². The summed E-state index contributed by atoms with van der Waals surface area (Å²) in [6.07, 6.45) is 1.23. The number of rotatable bonds is 7. The van der Waals surface area contributed by atoms with Gasteiger partial charge in [-0.1, -0.05) is 6.92 Å². The summed E-state index contributed by atoms with van der Waals surface area (Å²) >= 11 is 1.06. The number of aromatic nitrogens is 1. The van der Waals surface area contributed by atoms with Gasteiger partial charge in [0.2, 0.25) is 15.9 Å². The number of carbonyl (C=O) groups excluding carboxylic acids is 1. The van der Waals surface area contributed by atoms with Gasteiger partial charge in [-0.2, -0.15) is 0 Å². The van der Waals surface area contributed by atoms with Gasteiger partial charge in [-0.15, -0.1) is 11.3 Å². The Labute approximate surface area is 126 Å². The van der Waals surface area contributed by atoms with E-state index in [0.29, 0.717) is 12.1 Å². The summed E-state index contributed by atoms with van der Waals surface area (Å²) in [4.78, 5) is 28.1. The molecule has 1 heterocycles. The first-order valence-electron chi connectivity index (χ1n) is 6.04. The van der Waals surface area contributed by atoms with Crippen molar-refractivity contribution in [3.63, 3.8) is 0 Å². The molecule has 1 aromatic heterocycles. The molecule has 0 fully saturated rings. The Morgan fingerprint density at radius 1 is 1.52 bits per heavy atom. The molecule has 1 aromatic rings. The maximum Gasteiger partial charge on any atom is 0.326 e. The summed E-state index contributed by atoms with van der Waals surface area (Å²) in [6.45, 7) is 1.68. The van der Waals surface area contributed by atoms with Crippen molar-refractivity contribution in [2.75, 3.05) is 18.0 Å². The third-order valence-corrected chi connectivity index (χ3v) is 4.19. The van der Waals surface area contributed by atoms with Crippen LogP contribution in [0.4, 0.5) is 5.13 Å². The first-order chi connectivity index (χ1) is 9.64. The smallest absolute Gasteiger partial charge is 0.326 e. The van der Waals surface area contributed by atoms with Crippen LogP contribution in [-0.2, 0) is 26.0 Å². The summed E-state index contributed by atoms with van der Waals surface area (Å²) in [5.74, 6) is -1.45. The van der Waals surface area contributed by atoms with Crippen molar-refractivity contribution in [3.05, 3.63) is 11.1 Å². The van der Waals surface area contributed by atoms with E-state index in [1.54, 1.807) is 12.3 Å². The van der Waals surface area contributed by atoms with Crippen LogP contribution in [0.3, 0.4) is 0 Å². The number of aliphatic carboxylic acids is 1. The molecule has 2 N–H and O–H groups in total. The molecule has 0 saturated heterocycles. The van der Waals surface area contributed by atoms with Crippen LogP contribution in [0.1, 0.15) is 19.0 Å². The second kappa shape index (κ2) is 6.85. The fourth-order valence-corrected chi connectivity index (χ4v) is 3.22. The number of amides is 1. The van der Waals surface area contributed by atoms with Crippen LogP contribution < -0.4 is 4.72 Å². The predicted octanol–water partition coefficient (Wildman–Crippen LogP) is 0.379. The number of nitrogens with zero attached hydrogens (tertiary/aromatic N) is 2. The number of sulfonamides is 1. The lowest BCUT2D eigenvalue weighted by atomic mass is 10.2. The van der Waals surface area contributed by atoms with E-state index in [-0.39, 0.29) is 17.5 Å². The highest BCUT2D eigenvalue weighted by molar-refractivity contribution is 7.92. The van der Waals surface area contributed by atoms with E-state index >= 15 is 0 Å². The Kier molecular flexibility index (Phi) is 5.67. The van der Waals surface area contributed by atoms with Crippen molar-refractivity contribution >= 4 is 38.4 Å². The largest absolute Gasteiger partial charge is 0.480 e. The number of thiazole rings is 1. The van der Waals surface area contributed by atoms with Gasteiger partial charge >= 0.3 is 5.97 Å². The molecule has 0 aliphatic heterocycles. The molecular formula is C11H17N3O5S2. The summed E-state index contributed by atoms with van der Waals surface area (Å²) in [5, 5.41) is 10.7. The second-order valence-corrected chi connectivity index (χ2v) is 7.07. The quantitative estimate of drug-likeness (QED) is 0.744. The lowest BCUT2D eigenvalue weighted by molar-refractivity contribution is -0.148. The van der Waals surface area contributed by atoms with Crippen molar-refractivity contribution < 1.29 is 23.1 Å². The van der Waals surface area contributed by atoms with E-state index in [4.69, 9.17) is 5.11 Å². The minimum absolute atomic E-state index is 0.0811. The Morgan fingerprint density at radius 2 is 2.14 bits per heavy atom.